The Bertz CT molecular complexity index is 854. The summed E-state index contributed by atoms with van der Waals surface area (Å²) in [5.74, 6) is 0.900. The van der Waals surface area contributed by atoms with Gasteiger partial charge in [-0.15, -0.1) is 0 Å². The molecule has 1 aliphatic heterocycles. The van der Waals surface area contributed by atoms with Crippen molar-refractivity contribution in [2.45, 2.75) is 19.4 Å². The summed E-state index contributed by atoms with van der Waals surface area (Å²) in [5, 5.41) is 2.92. The van der Waals surface area contributed by atoms with Crippen molar-refractivity contribution >= 4 is 17.5 Å². The highest BCUT2D eigenvalue weighted by Gasteiger charge is 2.32. The Hall–Kier alpha value is -3.22. The van der Waals surface area contributed by atoms with Gasteiger partial charge in [0.25, 0.3) is 5.91 Å². The van der Waals surface area contributed by atoms with Gasteiger partial charge in [-0.25, -0.2) is 0 Å². The van der Waals surface area contributed by atoms with Crippen LogP contribution in [0.5, 0.6) is 17.2 Å². The van der Waals surface area contributed by atoms with Crippen LogP contribution in [0.4, 0.5) is 5.69 Å². The zero-order chi connectivity index (χ0) is 20.3. The lowest BCUT2D eigenvalue weighted by atomic mass is 10.1. The molecule has 2 aromatic carbocycles. The summed E-state index contributed by atoms with van der Waals surface area (Å²) >= 11 is 0. The van der Waals surface area contributed by atoms with Crippen LogP contribution in [0.15, 0.2) is 36.4 Å². The maximum absolute atomic E-state index is 12.7. The number of carbonyl (C=O) groups excluding carboxylic acids is 2. The van der Waals surface area contributed by atoms with Gasteiger partial charge in [0, 0.05) is 24.2 Å². The molecule has 1 heterocycles. The van der Waals surface area contributed by atoms with E-state index in [4.69, 9.17) is 14.2 Å². The number of ether oxygens (including phenoxy) is 3. The van der Waals surface area contributed by atoms with Crippen LogP contribution in [0.2, 0.25) is 0 Å². The van der Waals surface area contributed by atoms with Crippen molar-refractivity contribution < 1.29 is 23.8 Å². The molecule has 0 unspecified atom stereocenters. The molecule has 2 amide bonds. The zero-order valence-corrected chi connectivity index (χ0v) is 16.4. The number of amides is 2. The normalized spacial score (nSPS) is 16.1. The van der Waals surface area contributed by atoms with Crippen LogP contribution in [0.1, 0.15) is 22.3 Å². The first-order valence-corrected chi connectivity index (χ1v) is 8.94. The molecule has 1 atom stereocenters. The van der Waals surface area contributed by atoms with Crippen molar-refractivity contribution in [3.8, 4) is 17.2 Å². The minimum absolute atomic E-state index is 0.0148. The molecular formula is C21H24N2O5. The standard InChI is InChI=1S/C21H24N2O5/c1-13-5-7-16(8-6-13)23-12-15(11-19(23)24)22-21(25)14-9-17(26-2)20(28-4)18(10-14)27-3/h5-10,15H,11-12H2,1-4H3,(H,22,25)/t15-/m0/s1. The molecule has 0 radical (unpaired) electrons. The van der Waals surface area contributed by atoms with Gasteiger partial charge in [0.15, 0.2) is 11.5 Å². The maximum atomic E-state index is 12.7. The summed E-state index contributed by atoms with van der Waals surface area (Å²) in [7, 11) is 4.49. The van der Waals surface area contributed by atoms with Crippen molar-refractivity contribution in [2.75, 3.05) is 32.8 Å². The van der Waals surface area contributed by atoms with Crippen LogP contribution in [0.3, 0.4) is 0 Å². The van der Waals surface area contributed by atoms with E-state index >= 15 is 0 Å². The Labute approximate surface area is 164 Å². The minimum atomic E-state index is -0.303. The number of hydrogen-bond acceptors (Lipinski definition) is 5. The van der Waals surface area contributed by atoms with Crippen molar-refractivity contribution in [3.63, 3.8) is 0 Å². The van der Waals surface area contributed by atoms with E-state index in [-0.39, 0.29) is 24.3 Å². The third kappa shape index (κ3) is 3.88. The molecule has 2 aromatic rings. The van der Waals surface area contributed by atoms with Crippen molar-refractivity contribution in [1.82, 2.24) is 5.32 Å². The summed E-state index contributed by atoms with van der Waals surface area (Å²) in [6, 6.07) is 10.7. The Morgan fingerprint density at radius 2 is 1.64 bits per heavy atom. The smallest absolute Gasteiger partial charge is 0.251 e. The number of anilines is 1. The number of methoxy groups -OCH3 is 3. The fourth-order valence-corrected chi connectivity index (χ4v) is 3.26. The predicted octanol–water partition coefficient (Wildman–Crippen LogP) is 2.56. The fourth-order valence-electron chi connectivity index (χ4n) is 3.26. The first-order valence-electron chi connectivity index (χ1n) is 8.94. The van der Waals surface area contributed by atoms with Crippen LogP contribution in [-0.4, -0.2) is 45.7 Å². The van der Waals surface area contributed by atoms with Gasteiger partial charge in [0.2, 0.25) is 11.7 Å². The highest BCUT2D eigenvalue weighted by atomic mass is 16.5. The second-order valence-corrected chi connectivity index (χ2v) is 6.63. The summed E-state index contributed by atoms with van der Waals surface area (Å²) in [4.78, 5) is 26.8. The highest BCUT2D eigenvalue weighted by molar-refractivity contribution is 5.99. The highest BCUT2D eigenvalue weighted by Crippen LogP contribution is 2.38. The maximum Gasteiger partial charge on any atom is 0.251 e. The Kier molecular flexibility index (Phi) is 5.73. The quantitative estimate of drug-likeness (QED) is 0.828. The van der Waals surface area contributed by atoms with Gasteiger partial charge < -0.3 is 24.4 Å². The fraction of sp³-hybridized carbons (Fsp3) is 0.333. The number of nitrogens with one attached hydrogen (secondary N) is 1. The van der Waals surface area contributed by atoms with Gasteiger partial charge in [-0.1, -0.05) is 17.7 Å². The monoisotopic (exact) mass is 384 g/mol. The van der Waals surface area contributed by atoms with Gasteiger partial charge in [-0.05, 0) is 31.2 Å². The average molecular weight is 384 g/mol. The molecule has 28 heavy (non-hydrogen) atoms. The minimum Gasteiger partial charge on any atom is -0.493 e. The number of aryl methyl sites for hydroxylation is 1. The van der Waals surface area contributed by atoms with E-state index in [1.807, 2.05) is 31.2 Å². The second kappa shape index (κ2) is 8.21. The Morgan fingerprint density at radius 1 is 1.04 bits per heavy atom. The lowest BCUT2D eigenvalue weighted by Crippen LogP contribution is -2.37. The molecule has 0 spiro atoms. The van der Waals surface area contributed by atoms with E-state index < -0.39 is 0 Å². The number of benzene rings is 2. The summed E-state index contributed by atoms with van der Waals surface area (Å²) in [5.41, 5.74) is 2.33. The number of rotatable bonds is 6. The third-order valence-electron chi connectivity index (χ3n) is 4.73. The SMILES string of the molecule is COc1cc(C(=O)N[C@H]2CC(=O)N(c3ccc(C)cc3)C2)cc(OC)c1OC. The summed E-state index contributed by atoms with van der Waals surface area (Å²) in [6.07, 6.45) is 0.254. The first kappa shape index (κ1) is 19.5. The molecule has 3 rings (SSSR count). The molecule has 1 aliphatic rings. The van der Waals surface area contributed by atoms with Crippen LogP contribution in [0, 0.1) is 6.92 Å². The van der Waals surface area contributed by atoms with Gasteiger partial charge in [0.1, 0.15) is 0 Å². The van der Waals surface area contributed by atoms with E-state index in [1.54, 1.807) is 17.0 Å². The molecule has 7 heteroatoms. The Morgan fingerprint density at radius 3 is 2.18 bits per heavy atom. The van der Waals surface area contributed by atoms with E-state index in [2.05, 4.69) is 5.32 Å². The number of nitrogens with zero attached hydrogens (tertiary/aromatic N) is 1. The van der Waals surface area contributed by atoms with Crippen LogP contribution < -0.4 is 24.4 Å². The third-order valence-corrected chi connectivity index (χ3v) is 4.73. The zero-order valence-electron chi connectivity index (χ0n) is 16.4. The molecular weight excluding hydrogens is 360 g/mol. The van der Waals surface area contributed by atoms with Crippen molar-refractivity contribution in [2.24, 2.45) is 0 Å². The van der Waals surface area contributed by atoms with Crippen LogP contribution in [0.25, 0.3) is 0 Å². The molecule has 1 fully saturated rings. The molecule has 7 nitrogen and oxygen atoms in total. The topological polar surface area (TPSA) is 77.1 Å². The largest absolute Gasteiger partial charge is 0.493 e. The number of hydrogen-bond donors (Lipinski definition) is 1. The van der Waals surface area contributed by atoms with Gasteiger partial charge in [-0.2, -0.15) is 0 Å². The molecule has 0 bridgehead atoms. The summed E-state index contributed by atoms with van der Waals surface area (Å²) in [6.45, 7) is 2.42. The molecule has 0 aliphatic carbocycles. The van der Waals surface area contributed by atoms with Gasteiger partial charge in [-0.3, -0.25) is 9.59 Å². The van der Waals surface area contributed by atoms with Gasteiger partial charge in [0.05, 0.1) is 27.4 Å². The van der Waals surface area contributed by atoms with E-state index in [9.17, 15) is 9.59 Å². The van der Waals surface area contributed by atoms with Crippen molar-refractivity contribution in [3.05, 3.63) is 47.5 Å². The summed E-state index contributed by atoms with van der Waals surface area (Å²) < 4.78 is 15.9. The predicted molar refractivity (Wildman–Crippen MR) is 106 cm³/mol. The molecule has 0 aromatic heterocycles. The first-order chi connectivity index (χ1) is 13.5. The molecule has 0 saturated carbocycles. The lowest BCUT2D eigenvalue weighted by molar-refractivity contribution is -0.117. The van der Waals surface area contributed by atoms with E-state index in [1.165, 1.54) is 21.3 Å². The van der Waals surface area contributed by atoms with Gasteiger partial charge >= 0.3 is 0 Å². The Balaban J connectivity index is 1.75. The average Bonchev–Trinajstić information content (AvgIpc) is 3.07. The number of carbonyl (C=O) groups is 2. The van der Waals surface area contributed by atoms with E-state index in [0.29, 0.717) is 29.4 Å². The van der Waals surface area contributed by atoms with E-state index in [0.717, 1.165) is 11.3 Å². The molecule has 148 valence electrons. The second-order valence-electron chi connectivity index (χ2n) is 6.63. The molecule has 1 N–H and O–H groups in total. The van der Waals surface area contributed by atoms with Crippen LogP contribution in [-0.2, 0) is 4.79 Å². The molecule has 1 saturated heterocycles. The lowest BCUT2D eigenvalue weighted by Gasteiger charge is -2.18. The van der Waals surface area contributed by atoms with Crippen LogP contribution >= 0.6 is 0 Å². The van der Waals surface area contributed by atoms with Crippen molar-refractivity contribution in [1.29, 1.82) is 0 Å².